The fourth-order valence-electron chi connectivity index (χ4n) is 4.02. The first-order valence-corrected chi connectivity index (χ1v) is 11.9. The van der Waals surface area contributed by atoms with Crippen molar-refractivity contribution in [1.82, 2.24) is 9.99 Å². The van der Waals surface area contributed by atoms with E-state index >= 15 is 0 Å². The topological polar surface area (TPSA) is 82.9 Å². The van der Waals surface area contributed by atoms with Gasteiger partial charge in [0.1, 0.15) is 5.15 Å². The maximum atomic E-state index is 13.0. The number of carboxylic acids is 1. The molecule has 8 heteroatoms. The van der Waals surface area contributed by atoms with Gasteiger partial charge >= 0.3 is 5.97 Å². The van der Waals surface area contributed by atoms with Crippen molar-refractivity contribution in [3.8, 4) is 0 Å². The van der Waals surface area contributed by atoms with E-state index in [1.807, 2.05) is 49.4 Å². The minimum absolute atomic E-state index is 0.0483. The molecule has 0 aliphatic carbocycles. The summed E-state index contributed by atoms with van der Waals surface area (Å²) in [7, 11) is 0. The number of amides is 1. The number of halogens is 2. The Morgan fingerprint density at radius 1 is 1.15 bits per heavy atom. The van der Waals surface area contributed by atoms with Gasteiger partial charge in [-0.25, -0.2) is 9.99 Å². The van der Waals surface area contributed by atoms with Crippen molar-refractivity contribution in [1.29, 1.82) is 0 Å². The Hall–Kier alpha value is -2.77. The van der Waals surface area contributed by atoms with Crippen LogP contribution in [-0.4, -0.2) is 38.7 Å². The molecule has 0 fully saturated rings. The third-order valence-electron chi connectivity index (χ3n) is 5.67. The van der Waals surface area contributed by atoms with Crippen LogP contribution < -0.4 is 0 Å². The third kappa shape index (κ3) is 5.60. The molecule has 0 saturated carbocycles. The molecule has 6 nitrogen and oxygen atoms in total. The van der Waals surface area contributed by atoms with Crippen molar-refractivity contribution >= 4 is 56.0 Å². The zero-order valence-electron chi connectivity index (χ0n) is 18.1. The van der Waals surface area contributed by atoms with E-state index in [-0.39, 0.29) is 31.2 Å². The highest BCUT2D eigenvalue weighted by Crippen LogP contribution is 2.29. The number of aromatic nitrogens is 1. The lowest BCUT2D eigenvalue weighted by molar-refractivity contribution is -0.137. The predicted octanol–water partition coefficient (Wildman–Crippen LogP) is 5.76. The minimum atomic E-state index is -0.913. The molecule has 33 heavy (non-hydrogen) atoms. The maximum Gasteiger partial charge on any atom is 0.303 e. The van der Waals surface area contributed by atoms with Gasteiger partial charge in [-0.1, -0.05) is 51.3 Å². The first-order valence-electron chi connectivity index (χ1n) is 10.7. The van der Waals surface area contributed by atoms with E-state index in [1.165, 1.54) is 5.01 Å². The normalized spacial score (nSPS) is 15.7. The molecule has 1 unspecified atom stereocenters. The Morgan fingerprint density at radius 2 is 1.91 bits per heavy atom. The number of hydrogen-bond acceptors (Lipinski definition) is 4. The molecule has 170 valence electrons. The van der Waals surface area contributed by atoms with Gasteiger partial charge in [-0.15, -0.1) is 0 Å². The number of rotatable bonds is 7. The highest BCUT2D eigenvalue weighted by Gasteiger charge is 2.32. The third-order valence-corrected chi connectivity index (χ3v) is 6.53. The Balaban J connectivity index is 1.61. The van der Waals surface area contributed by atoms with Crippen LogP contribution in [-0.2, 0) is 16.0 Å². The molecule has 0 saturated heterocycles. The summed E-state index contributed by atoms with van der Waals surface area (Å²) in [5, 5.41) is 16.5. The Kier molecular flexibility index (Phi) is 7.10. The number of carboxylic acid groups (broad SMARTS) is 1. The summed E-state index contributed by atoms with van der Waals surface area (Å²) in [5.74, 6) is -1.10. The first kappa shape index (κ1) is 23.4. The number of aryl methyl sites for hydroxylation is 1. The number of carbonyl (C=O) groups excluding carboxylic acids is 1. The van der Waals surface area contributed by atoms with Gasteiger partial charge in [0.05, 0.1) is 17.3 Å². The lowest BCUT2D eigenvalue weighted by Gasteiger charge is -2.22. The molecule has 2 aromatic carbocycles. The van der Waals surface area contributed by atoms with Gasteiger partial charge in [0.2, 0.25) is 5.91 Å². The van der Waals surface area contributed by atoms with Crippen LogP contribution in [0.5, 0.6) is 0 Å². The van der Waals surface area contributed by atoms with Gasteiger partial charge in [0, 0.05) is 29.1 Å². The van der Waals surface area contributed by atoms with Crippen molar-refractivity contribution in [2.45, 2.75) is 45.1 Å². The van der Waals surface area contributed by atoms with Crippen molar-refractivity contribution < 1.29 is 14.7 Å². The van der Waals surface area contributed by atoms with Crippen molar-refractivity contribution in [2.24, 2.45) is 5.10 Å². The molecule has 0 spiro atoms. The van der Waals surface area contributed by atoms with Gasteiger partial charge in [-0.05, 0) is 61.2 Å². The molecule has 3 aromatic rings. The smallest absolute Gasteiger partial charge is 0.303 e. The molecule has 1 N–H and O–H groups in total. The highest BCUT2D eigenvalue weighted by atomic mass is 79.9. The van der Waals surface area contributed by atoms with Gasteiger partial charge < -0.3 is 5.11 Å². The van der Waals surface area contributed by atoms with Gasteiger partial charge in [0.25, 0.3) is 0 Å². The quantitative estimate of drug-likeness (QED) is 0.395. The number of hydrazone groups is 1. The molecule has 1 aliphatic rings. The van der Waals surface area contributed by atoms with Crippen LogP contribution in [0.3, 0.4) is 0 Å². The van der Waals surface area contributed by atoms with Crippen molar-refractivity contribution in [2.75, 3.05) is 0 Å². The Morgan fingerprint density at radius 3 is 2.64 bits per heavy atom. The summed E-state index contributed by atoms with van der Waals surface area (Å²) in [6.45, 7) is 2.03. The van der Waals surface area contributed by atoms with E-state index in [2.05, 4.69) is 32.1 Å². The molecule has 0 radical (unpaired) electrons. The second-order valence-corrected chi connectivity index (χ2v) is 9.51. The molecule has 1 aliphatic heterocycles. The van der Waals surface area contributed by atoms with E-state index in [1.54, 1.807) is 0 Å². The van der Waals surface area contributed by atoms with Crippen LogP contribution in [0.25, 0.3) is 10.9 Å². The van der Waals surface area contributed by atoms with Crippen LogP contribution in [0, 0.1) is 6.92 Å². The molecular formula is C25H23BrClN3O3. The summed E-state index contributed by atoms with van der Waals surface area (Å²) in [4.78, 5) is 28.4. The Labute approximate surface area is 205 Å². The van der Waals surface area contributed by atoms with Crippen LogP contribution in [0.1, 0.15) is 42.4 Å². The molecule has 0 bridgehead atoms. The van der Waals surface area contributed by atoms with Crippen LogP contribution >= 0.6 is 27.5 Å². The van der Waals surface area contributed by atoms with E-state index in [0.717, 1.165) is 37.8 Å². The van der Waals surface area contributed by atoms with E-state index in [9.17, 15) is 9.59 Å². The number of hydrogen-bond donors (Lipinski definition) is 1. The predicted molar refractivity (Wildman–Crippen MR) is 133 cm³/mol. The number of pyridine rings is 1. The number of carbonyl (C=O) groups is 2. The second kappa shape index (κ2) is 10.0. The lowest BCUT2D eigenvalue weighted by atomic mass is 9.98. The van der Waals surface area contributed by atoms with Crippen LogP contribution in [0.15, 0.2) is 58.1 Å². The number of fused-ring (bicyclic) bond motifs is 1. The lowest BCUT2D eigenvalue weighted by Crippen LogP contribution is -2.34. The number of benzene rings is 2. The zero-order valence-corrected chi connectivity index (χ0v) is 20.4. The minimum Gasteiger partial charge on any atom is -0.481 e. The van der Waals surface area contributed by atoms with Crippen molar-refractivity contribution in [3.05, 3.63) is 74.8 Å². The second-order valence-electron chi connectivity index (χ2n) is 8.24. The van der Waals surface area contributed by atoms with Crippen LogP contribution in [0.4, 0.5) is 0 Å². The SMILES string of the molecule is Cc1ccc2nc(Cl)c(CC3CC(c4ccc(Br)cc4)=NN3C(=O)CCCC(=O)O)cc2c1. The van der Waals surface area contributed by atoms with Gasteiger partial charge in [0.15, 0.2) is 0 Å². The average Bonchev–Trinajstić information content (AvgIpc) is 3.18. The van der Waals surface area contributed by atoms with Crippen LogP contribution in [0.2, 0.25) is 5.15 Å². The average molecular weight is 529 g/mol. The van der Waals surface area contributed by atoms with E-state index in [0.29, 0.717) is 18.0 Å². The highest BCUT2D eigenvalue weighted by molar-refractivity contribution is 9.10. The summed E-state index contributed by atoms with van der Waals surface area (Å²) >= 11 is 9.96. The largest absolute Gasteiger partial charge is 0.481 e. The Bertz CT molecular complexity index is 1240. The van der Waals surface area contributed by atoms with E-state index < -0.39 is 5.97 Å². The molecule has 4 rings (SSSR count). The number of nitrogens with zero attached hydrogens (tertiary/aromatic N) is 3. The first-order chi connectivity index (χ1) is 15.8. The molecular weight excluding hydrogens is 506 g/mol. The van der Waals surface area contributed by atoms with E-state index in [4.69, 9.17) is 16.7 Å². The van der Waals surface area contributed by atoms with Gasteiger partial charge in [-0.3, -0.25) is 9.59 Å². The fraction of sp³-hybridized carbons (Fsp3) is 0.280. The fourth-order valence-corrected chi connectivity index (χ4v) is 4.50. The number of aliphatic carboxylic acids is 1. The monoisotopic (exact) mass is 527 g/mol. The zero-order chi connectivity index (χ0) is 23.5. The molecule has 1 aromatic heterocycles. The van der Waals surface area contributed by atoms with Gasteiger partial charge in [-0.2, -0.15) is 5.10 Å². The summed E-state index contributed by atoms with van der Waals surface area (Å²) < 4.78 is 0.965. The summed E-state index contributed by atoms with van der Waals surface area (Å²) in [6, 6.07) is 15.6. The summed E-state index contributed by atoms with van der Waals surface area (Å²) in [5.41, 5.74) is 4.58. The molecule has 1 atom stereocenters. The molecule has 2 heterocycles. The standard InChI is InChI=1S/C25H23BrClN3O3/c1-15-5-10-21-17(11-15)12-18(25(27)28-21)13-20-14-22(16-6-8-19(26)9-7-16)29-30(20)23(31)3-2-4-24(32)33/h5-12,20H,2-4,13-14H2,1H3,(H,32,33). The molecule has 1 amide bonds. The summed E-state index contributed by atoms with van der Waals surface area (Å²) in [6.07, 6.45) is 1.44. The van der Waals surface area contributed by atoms with Crippen molar-refractivity contribution in [3.63, 3.8) is 0 Å². The maximum absolute atomic E-state index is 13.0.